The number of likely N-dealkylation sites (N-methyl/N-ethyl adjacent to an activating group) is 1. The molecule has 2 aromatic carbocycles. The van der Waals surface area contributed by atoms with Crippen LogP contribution in [0.25, 0.3) is 11.3 Å². The molecular formula is C26H29N5O2. The third-order valence-corrected chi connectivity index (χ3v) is 5.94. The first-order valence-corrected chi connectivity index (χ1v) is 11.2. The molecule has 3 aromatic rings. The summed E-state index contributed by atoms with van der Waals surface area (Å²) >= 11 is 0. The van der Waals surface area contributed by atoms with Crippen LogP contribution in [0.2, 0.25) is 0 Å². The van der Waals surface area contributed by atoms with E-state index in [0.29, 0.717) is 24.5 Å². The Bertz CT molecular complexity index is 1190. The molecular weight excluding hydrogens is 414 g/mol. The summed E-state index contributed by atoms with van der Waals surface area (Å²) in [6.07, 6.45) is 6.51. The molecule has 0 radical (unpaired) electrons. The van der Waals surface area contributed by atoms with E-state index in [0.717, 1.165) is 54.4 Å². The van der Waals surface area contributed by atoms with Crippen LogP contribution in [0, 0.1) is 0 Å². The van der Waals surface area contributed by atoms with Crippen LogP contribution < -0.4 is 10.1 Å². The maximum absolute atomic E-state index is 13.3. The van der Waals surface area contributed by atoms with Crippen molar-refractivity contribution in [1.29, 1.82) is 0 Å². The molecule has 3 heterocycles. The van der Waals surface area contributed by atoms with Crippen LogP contribution in [0.3, 0.4) is 0 Å². The van der Waals surface area contributed by atoms with Crippen molar-refractivity contribution in [2.45, 2.75) is 6.42 Å². The Balaban J connectivity index is 0.00000274. The van der Waals surface area contributed by atoms with E-state index < -0.39 is 0 Å². The number of aromatic nitrogens is 2. The number of fused-ring (bicyclic) bond motifs is 7. The summed E-state index contributed by atoms with van der Waals surface area (Å²) in [5.74, 6) is 1.34. The summed E-state index contributed by atoms with van der Waals surface area (Å²) < 4.78 is 5.89. The van der Waals surface area contributed by atoms with E-state index >= 15 is 0 Å². The lowest BCUT2D eigenvalue weighted by atomic mass is 10.0. The molecule has 0 spiro atoms. The van der Waals surface area contributed by atoms with Crippen LogP contribution >= 0.6 is 0 Å². The van der Waals surface area contributed by atoms with Crippen molar-refractivity contribution >= 4 is 17.5 Å². The molecule has 0 saturated carbocycles. The predicted octanol–water partition coefficient (Wildman–Crippen LogP) is 4.01. The van der Waals surface area contributed by atoms with Crippen molar-refractivity contribution < 1.29 is 11.0 Å². The van der Waals surface area contributed by atoms with Crippen LogP contribution in [0.15, 0.2) is 66.9 Å². The second-order valence-corrected chi connectivity index (χ2v) is 8.42. The highest BCUT2D eigenvalue weighted by Gasteiger charge is 2.21. The first kappa shape index (κ1) is 21.2. The second kappa shape index (κ2) is 9.42. The standard InChI is InChI=1S/C26H27N5O2.H2/c1-30-10-12-31(13-11-30)25(32)21-15-19-5-2-3-14-33-23-7-4-6-20(18-23)24-8-9-27-26(29-24)28-22(16-19)17-21;/h2-4,6-9,15-18H,5,10-14H2,1H3,(H,27,28,29);1H/b3-2-;. The molecule has 7 heteroatoms. The SMILES string of the molecule is CN1CCN(C(=O)c2cc3cc(c2)Nc2nccc(n2)-c2cccc(c2)OC/C=C\C3)CC1.[HH]. The van der Waals surface area contributed by atoms with Crippen molar-refractivity contribution in [2.75, 3.05) is 45.2 Å². The van der Waals surface area contributed by atoms with Crippen molar-refractivity contribution in [3.63, 3.8) is 0 Å². The van der Waals surface area contributed by atoms with Gasteiger partial charge in [0.05, 0.1) is 5.69 Å². The molecule has 0 atom stereocenters. The van der Waals surface area contributed by atoms with Crippen LogP contribution in [0.1, 0.15) is 17.3 Å². The first-order valence-electron chi connectivity index (χ1n) is 11.2. The van der Waals surface area contributed by atoms with Crippen LogP contribution in [-0.2, 0) is 6.42 Å². The van der Waals surface area contributed by atoms with E-state index in [2.05, 4.69) is 33.3 Å². The van der Waals surface area contributed by atoms with Gasteiger partial charge in [-0.25, -0.2) is 9.97 Å². The third kappa shape index (κ3) is 5.04. The van der Waals surface area contributed by atoms with Crippen LogP contribution in [0.4, 0.5) is 11.6 Å². The smallest absolute Gasteiger partial charge is 0.254 e. The van der Waals surface area contributed by atoms with E-state index in [1.54, 1.807) is 6.20 Å². The maximum Gasteiger partial charge on any atom is 0.254 e. The molecule has 0 aliphatic carbocycles. The van der Waals surface area contributed by atoms with Crippen LogP contribution in [0.5, 0.6) is 5.75 Å². The summed E-state index contributed by atoms with van der Waals surface area (Å²) in [4.78, 5) is 26.5. The van der Waals surface area contributed by atoms with E-state index in [1.807, 2.05) is 59.5 Å². The van der Waals surface area contributed by atoms with Gasteiger partial charge in [-0.15, -0.1) is 0 Å². The minimum atomic E-state index is 0. The monoisotopic (exact) mass is 443 g/mol. The molecule has 5 rings (SSSR count). The zero-order chi connectivity index (χ0) is 22.6. The molecule has 1 amide bonds. The van der Waals surface area contributed by atoms with E-state index in [4.69, 9.17) is 4.74 Å². The summed E-state index contributed by atoms with van der Waals surface area (Å²) in [5, 5.41) is 3.31. The Hall–Kier alpha value is -3.71. The Morgan fingerprint density at radius 2 is 1.94 bits per heavy atom. The Labute approximate surface area is 195 Å². The van der Waals surface area contributed by atoms with Gasteiger partial charge in [-0.05, 0) is 55.4 Å². The minimum absolute atomic E-state index is 0. The van der Waals surface area contributed by atoms with Gasteiger partial charge in [-0.1, -0.05) is 24.3 Å². The molecule has 1 N–H and O–H groups in total. The average Bonchev–Trinajstić information content (AvgIpc) is 2.84. The van der Waals surface area contributed by atoms with E-state index in [9.17, 15) is 4.79 Å². The molecule has 170 valence electrons. The molecule has 0 unspecified atom stereocenters. The fourth-order valence-corrected chi connectivity index (χ4v) is 4.08. The second-order valence-electron chi connectivity index (χ2n) is 8.42. The molecule has 2 aliphatic heterocycles. The number of nitrogens with zero attached hydrogens (tertiary/aromatic N) is 4. The van der Waals surface area contributed by atoms with Gasteiger partial charge in [0.25, 0.3) is 5.91 Å². The summed E-state index contributed by atoms with van der Waals surface area (Å²) in [7, 11) is 2.09. The van der Waals surface area contributed by atoms with Crippen LogP contribution in [-0.4, -0.2) is 65.5 Å². The fraction of sp³-hybridized carbons (Fsp3) is 0.269. The molecule has 1 aromatic heterocycles. The van der Waals surface area contributed by atoms with Crippen molar-refractivity contribution in [3.8, 4) is 17.0 Å². The number of nitrogens with one attached hydrogen (secondary N) is 1. The van der Waals surface area contributed by atoms with Crippen molar-refractivity contribution in [2.24, 2.45) is 0 Å². The molecule has 1 fully saturated rings. The van der Waals surface area contributed by atoms with Gasteiger partial charge in [0.1, 0.15) is 12.4 Å². The summed E-state index contributed by atoms with van der Waals surface area (Å²) in [6, 6.07) is 15.7. The number of anilines is 2. The number of amides is 1. The average molecular weight is 444 g/mol. The number of piperazine rings is 1. The highest BCUT2D eigenvalue weighted by atomic mass is 16.5. The lowest BCUT2D eigenvalue weighted by Gasteiger charge is -2.32. The number of hydrogen-bond acceptors (Lipinski definition) is 6. The molecule has 2 aliphatic rings. The minimum Gasteiger partial charge on any atom is -0.490 e. The van der Waals surface area contributed by atoms with Gasteiger partial charge in [-0.3, -0.25) is 4.79 Å². The fourth-order valence-electron chi connectivity index (χ4n) is 4.08. The van der Waals surface area contributed by atoms with Gasteiger partial charge < -0.3 is 19.9 Å². The third-order valence-electron chi connectivity index (χ3n) is 5.94. The molecule has 1 saturated heterocycles. The number of ether oxygens (including phenoxy) is 1. The van der Waals surface area contributed by atoms with Gasteiger partial charge in [0, 0.05) is 50.6 Å². The highest BCUT2D eigenvalue weighted by molar-refractivity contribution is 5.95. The quantitative estimate of drug-likeness (QED) is 0.573. The number of carbonyl (C=O) groups excluding carboxylic acids is 1. The zero-order valence-corrected chi connectivity index (χ0v) is 18.7. The Kier molecular flexibility index (Phi) is 6.04. The lowest BCUT2D eigenvalue weighted by Crippen LogP contribution is -2.47. The number of carbonyl (C=O) groups is 1. The molecule has 7 nitrogen and oxygen atoms in total. The number of hydrogen-bond donors (Lipinski definition) is 1. The van der Waals surface area contributed by atoms with Gasteiger partial charge >= 0.3 is 0 Å². The van der Waals surface area contributed by atoms with E-state index in [-0.39, 0.29) is 7.33 Å². The predicted molar refractivity (Wildman–Crippen MR) is 131 cm³/mol. The van der Waals surface area contributed by atoms with Gasteiger partial charge in [-0.2, -0.15) is 0 Å². The number of rotatable bonds is 1. The largest absolute Gasteiger partial charge is 0.490 e. The summed E-state index contributed by atoms with van der Waals surface area (Å²) in [5.41, 5.74) is 4.27. The van der Waals surface area contributed by atoms with Crippen molar-refractivity contribution in [3.05, 3.63) is 78.0 Å². The highest BCUT2D eigenvalue weighted by Crippen LogP contribution is 2.25. The Morgan fingerprint density at radius 3 is 2.82 bits per heavy atom. The van der Waals surface area contributed by atoms with E-state index in [1.165, 1.54) is 0 Å². The first-order chi connectivity index (χ1) is 16.1. The zero-order valence-electron chi connectivity index (χ0n) is 18.7. The maximum atomic E-state index is 13.3. The molecule has 33 heavy (non-hydrogen) atoms. The molecule has 6 bridgehead atoms. The summed E-state index contributed by atoms with van der Waals surface area (Å²) in [6.45, 7) is 3.73. The lowest BCUT2D eigenvalue weighted by molar-refractivity contribution is 0.0664. The topological polar surface area (TPSA) is 70.6 Å². The van der Waals surface area contributed by atoms with Gasteiger partial charge in [0.2, 0.25) is 5.95 Å². The number of allylic oxidation sites excluding steroid dienone is 1. The van der Waals surface area contributed by atoms with Crippen molar-refractivity contribution in [1.82, 2.24) is 19.8 Å². The Morgan fingerprint density at radius 1 is 1.06 bits per heavy atom. The van der Waals surface area contributed by atoms with Gasteiger partial charge in [0.15, 0.2) is 0 Å². The normalized spacial score (nSPS) is 17.2. The number of benzene rings is 2.